The summed E-state index contributed by atoms with van der Waals surface area (Å²) in [5.41, 5.74) is 6.99. The summed E-state index contributed by atoms with van der Waals surface area (Å²) in [7, 11) is 2.09. The summed E-state index contributed by atoms with van der Waals surface area (Å²) in [6.07, 6.45) is 1.94. The Labute approximate surface area is 113 Å². The Kier molecular flexibility index (Phi) is 2.66. The summed E-state index contributed by atoms with van der Waals surface area (Å²) in [6, 6.07) is 2.10. The number of pyridine rings is 1. The molecule has 0 radical (unpaired) electrons. The molecule has 1 aromatic carbocycles. The number of aromatic nitrogens is 1. The number of H-pyrrole nitrogens is 1. The molecule has 1 N–H and O–H groups in total. The number of aromatic amines is 1. The Morgan fingerprint density at radius 3 is 2.68 bits per heavy atom. The fraction of sp³-hybridized carbons (Fsp3) is 0.438. The minimum absolute atomic E-state index is 0.0803. The molecule has 0 saturated carbocycles. The number of anilines is 1. The standard InChI is InChI=1S/C16H20N2O/c1-9-8-13-14(11(3)10(9)2)15-12(16(19)17-13)6-5-7-18(15)4/h8H,5-7H2,1-4H3,(H,17,19). The van der Waals surface area contributed by atoms with Crippen LogP contribution in [-0.2, 0) is 6.42 Å². The average molecular weight is 256 g/mol. The Bertz CT molecular complexity index is 728. The topological polar surface area (TPSA) is 36.1 Å². The van der Waals surface area contributed by atoms with E-state index in [9.17, 15) is 4.79 Å². The van der Waals surface area contributed by atoms with Crippen LogP contribution in [0.25, 0.3) is 10.9 Å². The van der Waals surface area contributed by atoms with Gasteiger partial charge in [0, 0.05) is 24.5 Å². The van der Waals surface area contributed by atoms with Gasteiger partial charge in [0.1, 0.15) is 0 Å². The summed E-state index contributed by atoms with van der Waals surface area (Å²) in [4.78, 5) is 17.5. The first-order valence-electron chi connectivity index (χ1n) is 6.87. The number of rotatable bonds is 0. The molecule has 3 nitrogen and oxygen atoms in total. The zero-order valence-electron chi connectivity index (χ0n) is 12.1. The Morgan fingerprint density at radius 1 is 1.21 bits per heavy atom. The van der Waals surface area contributed by atoms with Crippen molar-refractivity contribution in [2.45, 2.75) is 33.6 Å². The lowest BCUT2D eigenvalue weighted by Crippen LogP contribution is -2.30. The van der Waals surface area contributed by atoms with E-state index in [0.29, 0.717) is 0 Å². The van der Waals surface area contributed by atoms with E-state index in [-0.39, 0.29) is 5.56 Å². The minimum atomic E-state index is 0.0803. The predicted octanol–water partition coefficient (Wildman–Crippen LogP) is 2.84. The molecule has 0 atom stereocenters. The molecule has 100 valence electrons. The largest absolute Gasteiger partial charge is 0.374 e. The summed E-state index contributed by atoms with van der Waals surface area (Å²) >= 11 is 0. The van der Waals surface area contributed by atoms with Crippen LogP contribution >= 0.6 is 0 Å². The van der Waals surface area contributed by atoms with Crippen molar-refractivity contribution in [2.75, 3.05) is 18.5 Å². The highest BCUT2D eigenvalue weighted by atomic mass is 16.1. The molecule has 19 heavy (non-hydrogen) atoms. The molecule has 1 aromatic heterocycles. The number of nitrogens with zero attached hydrogens (tertiary/aromatic N) is 1. The van der Waals surface area contributed by atoms with Gasteiger partial charge in [-0.1, -0.05) is 0 Å². The van der Waals surface area contributed by atoms with Gasteiger partial charge in [-0.2, -0.15) is 0 Å². The Balaban J connectivity index is 2.53. The van der Waals surface area contributed by atoms with Crippen LogP contribution < -0.4 is 10.5 Å². The van der Waals surface area contributed by atoms with Gasteiger partial charge in [0.25, 0.3) is 5.56 Å². The number of benzene rings is 1. The van der Waals surface area contributed by atoms with E-state index in [0.717, 1.165) is 36.2 Å². The summed E-state index contributed by atoms with van der Waals surface area (Å²) < 4.78 is 0. The number of fused-ring (bicyclic) bond motifs is 3. The fourth-order valence-corrected chi connectivity index (χ4v) is 3.20. The van der Waals surface area contributed by atoms with Gasteiger partial charge in [-0.05, 0) is 56.4 Å². The third-order valence-corrected chi connectivity index (χ3v) is 4.51. The third kappa shape index (κ3) is 1.68. The van der Waals surface area contributed by atoms with Crippen LogP contribution in [0.1, 0.15) is 28.7 Å². The molecule has 0 unspecified atom stereocenters. The Morgan fingerprint density at radius 2 is 1.95 bits per heavy atom. The molecule has 3 rings (SSSR count). The van der Waals surface area contributed by atoms with E-state index in [1.54, 1.807) is 0 Å². The molecule has 0 aliphatic carbocycles. The van der Waals surface area contributed by atoms with Crippen LogP contribution in [0, 0.1) is 20.8 Å². The van der Waals surface area contributed by atoms with E-state index >= 15 is 0 Å². The van der Waals surface area contributed by atoms with Gasteiger partial charge in [0.15, 0.2) is 0 Å². The predicted molar refractivity (Wildman–Crippen MR) is 80.4 cm³/mol. The SMILES string of the molecule is Cc1cc2[nH]c(=O)c3c(c2c(C)c1C)N(C)CCC3. The van der Waals surface area contributed by atoms with Gasteiger partial charge in [0.2, 0.25) is 0 Å². The van der Waals surface area contributed by atoms with Crippen LogP contribution in [0.5, 0.6) is 0 Å². The molecule has 0 spiro atoms. The van der Waals surface area contributed by atoms with Gasteiger partial charge in [-0.3, -0.25) is 4.79 Å². The molecular weight excluding hydrogens is 236 g/mol. The molecule has 0 saturated heterocycles. The van der Waals surface area contributed by atoms with Crippen molar-refractivity contribution >= 4 is 16.6 Å². The normalized spacial score (nSPS) is 14.8. The van der Waals surface area contributed by atoms with Crippen molar-refractivity contribution in [1.82, 2.24) is 4.98 Å². The van der Waals surface area contributed by atoms with Crippen LogP contribution in [-0.4, -0.2) is 18.6 Å². The lowest BCUT2D eigenvalue weighted by atomic mass is 9.93. The number of hydrogen-bond donors (Lipinski definition) is 1. The monoisotopic (exact) mass is 256 g/mol. The highest BCUT2D eigenvalue weighted by molar-refractivity contribution is 5.97. The Hall–Kier alpha value is -1.77. The number of hydrogen-bond acceptors (Lipinski definition) is 2. The highest BCUT2D eigenvalue weighted by Crippen LogP contribution is 2.35. The molecule has 3 heteroatoms. The molecule has 1 aliphatic rings. The molecule has 0 fully saturated rings. The van der Waals surface area contributed by atoms with Gasteiger partial charge < -0.3 is 9.88 Å². The van der Waals surface area contributed by atoms with Crippen molar-refractivity contribution in [1.29, 1.82) is 0 Å². The van der Waals surface area contributed by atoms with Crippen LogP contribution in [0.4, 0.5) is 5.69 Å². The molecule has 0 bridgehead atoms. The van der Waals surface area contributed by atoms with E-state index < -0.39 is 0 Å². The fourth-order valence-electron chi connectivity index (χ4n) is 3.20. The highest BCUT2D eigenvalue weighted by Gasteiger charge is 2.22. The van der Waals surface area contributed by atoms with E-state index in [1.165, 1.54) is 22.1 Å². The molecule has 2 aromatic rings. The quantitative estimate of drug-likeness (QED) is 0.787. The van der Waals surface area contributed by atoms with Gasteiger partial charge in [-0.25, -0.2) is 0 Å². The summed E-state index contributed by atoms with van der Waals surface area (Å²) in [5, 5.41) is 1.22. The zero-order valence-corrected chi connectivity index (χ0v) is 12.1. The summed E-state index contributed by atoms with van der Waals surface area (Å²) in [5.74, 6) is 0. The zero-order chi connectivity index (χ0) is 13.7. The van der Waals surface area contributed by atoms with Crippen molar-refractivity contribution < 1.29 is 0 Å². The first-order valence-corrected chi connectivity index (χ1v) is 6.87. The lowest BCUT2D eigenvalue weighted by molar-refractivity contribution is 0.739. The first-order chi connectivity index (χ1) is 9.00. The third-order valence-electron chi connectivity index (χ3n) is 4.51. The second-order valence-corrected chi connectivity index (χ2v) is 5.67. The van der Waals surface area contributed by atoms with Crippen molar-refractivity contribution in [3.63, 3.8) is 0 Å². The molecule has 1 aliphatic heterocycles. The number of aryl methyl sites for hydroxylation is 2. The van der Waals surface area contributed by atoms with E-state index in [4.69, 9.17) is 0 Å². The maximum absolute atomic E-state index is 12.2. The molecular formula is C16H20N2O. The van der Waals surface area contributed by atoms with Gasteiger partial charge in [0.05, 0.1) is 11.2 Å². The molecule has 2 heterocycles. The van der Waals surface area contributed by atoms with E-state index in [2.05, 4.69) is 43.8 Å². The second-order valence-electron chi connectivity index (χ2n) is 5.67. The maximum atomic E-state index is 12.2. The minimum Gasteiger partial charge on any atom is -0.374 e. The lowest BCUT2D eigenvalue weighted by Gasteiger charge is -2.29. The summed E-state index contributed by atoms with van der Waals surface area (Å²) in [6.45, 7) is 7.44. The van der Waals surface area contributed by atoms with Crippen molar-refractivity contribution in [2.24, 2.45) is 0 Å². The second kappa shape index (κ2) is 4.12. The smallest absolute Gasteiger partial charge is 0.253 e. The first kappa shape index (κ1) is 12.3. The van der Waals surface area contributed by atoms with Gasteiger partial charge >= 0.3 is 0 Å². The van der Waals surface area contributed by atoms with Gasteiger partial charge in [-0.15, -0.1) is 0 Å². The number of nitrogens with one attached hydrogen (secondary N) is 1. The van der Waals surface area contributed by atoms with Crippen molar-refractivity contribution in [3.8, 4) is 0 Å². The van der Waals surface area contributed by atoms with E-state index in [1.807, 2.05) is 0 Å². The van der Waals surface area contributed by atoms with Crippen LogP contribution in [0.2, 0.25) is 0 Å². The molecule has 0 amide bonds. The maximum Gasteiger partial charge on any atom is 0.253 e. The van der Waals surface area contributed by atoms with Crippen molar-refractivity contribution in [3.05, 3.63) is 38.7 Å². The average Bonchev–Trinajstić information content (AvgIpc) is 2.37. The van der Waals surface area contributed by atoms with Crippen LogP contribution in [0.3, 0.4) is 0 Å². The van der Waals surface area contributed by atoms with Crippen LogP contribution in [0.15, 0.2) is 10.9 Å².